The molecule has 7 aromatic rings. The number of nitrogens with zero attached hydrogens (tertiary/aromatic N) is 2. The summed E-state index contributed by atoms with van der Waals surface area (Å²) in [4.78, 5) is 9.13. The van der Waals surface area contributed by atoms with Gasteiger partial charge in [0.2, 0.25) is 5.71 Å². The van der Waals surface area contributed by atoms with E-state index in [9.17, 15) is 0 Å². The molecule has 0 spiro atoms. The number of aromatic nitrogens is 2. The maximum Gasteiger partial charge on any atom is 0.227 e. The Morgan fingerprint density at radius 2 is 1.28 bits per heavy atom. The van der Waals surface area contributed by atoms with Crippen molar-refractivity contribution in [1.82, 2.24) is 9.97 Å². The van der Waals surface area contributed by atoms with E-state index in [2.05, 4.69) is 113 Å². The molecule has 3 aromatic heterocycles. The highest BCUT2D eigenvalue weighted by Gasteiger charge is 2.10. The Bertz CT molecular complexity index is 1890. The van der Waals surface area contributed by atoms with Crippen LogP contribution in [0.4, 0.5) is 0 Å². The topological polar surface area (TPSA) is 38.9 Å². The molecule has 0 saturated heterocycles. The van der Waals surface area contributed by atoms with Crippen molar-refractivity contribution < 1.29 is 4.42 Å². The van der Waals surface area contributed by atoms with Crippen molar-refractivity contribution in [3.63, 3.8) is 0 Å². The highest BCUT2D eigenvalue weighted by atomic mass is 127. The maximum absolute atomic E-state index is 5.87. The van der Waals surface area contributed by atoms with Crippen LogP contribution in [0.5, 0.6) is 0 Å². The van der Waals surface area contributed by atoms with Gasteiger partial charge in [-0.05, 0) is 111 Å². The lowest BCUT2D eigenvalue weighted by atomic mass is 9.98. The average molecular weight is 574 g/mol. The van der Waals surface area contributed by atoms with Crippen molar-refractivity contribution in [3.05, 3.63) is 119 Å². The Labute approximate surface area is 221 Å². The van der Waals surface area contributed by atoms with Crippen LogP contribution in [0.1, 0.15) is 0 Å². The number of furan rings is 1. The van der Waals surface area contributed by atoms with E-state index in [0.717, 1.165) is 38.7 Å². The summed E-state index contributed by atoms with van der Waals surface area (Å²) < 4.78 is 7.11. The molecule has 36 heavy (non-hydrogen) atoms. The normalized spacial score (nSPS) is 11.5. The van der Waals surface area contributed by atoms with Gasteiger partial charge in [0.15, 0.2) is 0 Å². The van der Waals surface area contributed by atoms with E-state index in [4.69, 9.17) is 9.40 Å². The molecular weight excluding hydrogens is 555 g/mol. The molecule has 4 aromatic carbocycles. The van der Waals surface area contributed by atoms with Crippen molar-refractivity contribution in [1.29, 1.82) is 0 Å². The molecule has 0 radical (unpaired) electrons. The van der Waals surface area contributed by atoms with Gasteiger partial charge in [-0.15, -0.1) is 0 Å². The van der Waals surface area contributed by atoms with Crippen LogP contribution in [0.2, 0.25) is 0 Å². The minimum absolute atomic E-state index is 0.662. The SMILES string of the molecule is Ic1ccc(-c2ccc3ccc(-c4ccc(-c5ccc6oc7ncccc7c6c5)nc4)cc3c2)cc1. The first-order valence-corrected chi connectivity index (χ1v) is 12.8. The van der Waals surface area contributed by atoms with Crippen LogP contribution in [0, 0.1) is 3.57 Å². The fourth-order valence-electron chi connectivity index (χ4n) is 4.75. The Morgan fingerprint density at radius 3 is 2.06 bits per heavy atom. The Kier molecular flexibility index (Phi) is 5.06. The lowest BCUT2D eigenvalue weighted by molar-refractivity contribution is 0.654. The minimum Gasteiger partial charge on any atom is -0.438 e. The zero-order valence-corrected chi connectivity index (χ0v) is 21.3. The predicted molar refractivity (Wildman–Crippen MR) is 156 cm³/mol. The van der Waals surface area contributed by atoms with E-state index in [1.54, 1.807) is 6.20 Å². The summed E-state index contributed by atoms with van der Waals surface area (Å²) in [7, 11) is 0. The summed E-state index contributed by atoms with van der Waals surface area (Å²) >= 11 is 2.34. The third-order valence-electron chi connectivity index (χ3n) is 6.66. The molecule has 0 aliphatic heterocycles. The van der Waals surface area contributed by atoms with Crippen molar-refractivity contribution in [2.45, 2.75) is 0 Å². The number of rotatable bonds is 3. The number of benzene rings is 4. The predicted octanol–water partition coefficient (Wildman–Crippen LogP) is 9.13. The monoisotopic (exact) mass is 574 g/mol. The largest absolute Gasteiger partial charge is 0.438 e. The lowest BCUT2D eigenvalue weighted by Gasteiger charge is -2.08. The van der Waals surface area contributed by atoms with Crippen LogP contribution in [-0.2, 0) is 0 Å². The Morgan fingerprint density at radius 1 is 0.556 bits per heavy atom. The quantitative estimate of drug-likeness (QED) is 0.198. The first-order chi connectivity index (χ1) is 17.7. The molecule has 4 heteroatoms. The van der Waals surface area contributed by atoms with Crippen LogP contribution in [0.3, 0.4) is 0 Å². The van der Waals surface area contributed by atoms with Crippen LogP contribution in [0.25, 0.3) is 66.4 Å². The van der Waals surface area contributed by atoms with Gasteiger partial charge in [-0.1, -0.05) is 42.5 Å². The number of halogens is 1. The van der Waals surface area contributed by atoms with E-state index in [1.165, 1.54) is 25.5 Å². The van der Waals surface area contributed by atoms with Gasteiger partial charge >= 0.3 is 0 Å². The van der Waals surface area contributed by atoms with Crippen molar-refractivity contribution >= 4 is 55.4 Å². The molecule has 0 amide bonds. The van der Waals surface area contributed by atoms with E-state index in [-0.39, 0.29) is 0 Å². The summed E-state index contributed by atoms with van der Waals surface area (Å²) in [6.07, 6.45) is 3.71. The first kappa shape index (κ1) is 21.3. The van der Waals surface area contributed by atoms with Gasteiger partial charge in [0.25, 0.3) is 0 Å². The van der Waals surface area contributed by atoms with E-state index in [0.29, 0.717) is 5.71 Å². The van der Waals surface area contributed by atoms with Crippen molar-refractivity contribution in [2.75, 3.05) is 0 Å². The van der Waals surface area contributed by atoms with Crippen LogP contribution >= 0.6 is 22.6 Å². The zero-order chi connectivity index (χ0) is 24.1. The van der Waals surface area contributed by atoms with Gasteiger partial charge in [-0.3, -0.25) is 4.98 Å². The fourth-order valence-corrected chi connectivity index (χ4v) is 5.11. The highest BCUT2D eigenvalue weighted by Crippen LogP contribution is 2.32. The molecule has 3 heterocycles. The van der Waals surface area contributed by atoms with Gasteiger partial charge in [0.1, 0.15) is 5.58 Å². The lowest BCUT2D eigenvalue weighted by Crippen LogP contribution is -1.86. The van der Waals surface area contributed by atoms with Crippen molar-refractivity contribution in [2.24, 2.45) is 0 Å². The van der Waals surface area contributed by atoms with Gasteiger partial charge < -0.3 is 4.42 Å². The molecule has 0 unspecified atom stereocenters. The van der Waals surface area contributed by atoms with Gasteiger partial charge in [0, 0.05) is 37.9 Å². The molecule has 0 aliphatic rings. The van der Waals surface area contributed by atoms with Crippen molar-refractivity contribution in [3.8, 4) is 33.5 Å². The molecule has 0 saturated carbocycles. The number of hydrogen-bond donors (Lipinski definition) is 0. The fraction of sp³-hybridized carbons (Fsp3) is 0. The van der Waals surface area contributed by atoms with Gasteiger partial charge in [-0.2, -0.15) is 0 Å². The maximum atomic E-state index is 5.87. The average Bonchev–Trinajstić information content (AvgIpc) is 3.31. The number of pyridine rings is 2. The molecule has 7 rings (SSSR count). The summed E-state index contributed by atoms with van der Waals surface area (Å²) in [6, 6.07) is 36.3. The number of hydrogen-bond acceptors (Lipinski definition) is 3. The molecule has 0 fully saturated rings. The Balaban J connectivity index is 1.23. The molecule has 0 atom stereocenters. The minimum atomic E-state index is 0.662. The zero-order valence-electron chi connectivity index (χ0n) is 19.2. The van der Waals surface area contributed by atoms with Crippen LogP contribution in [-0.4, -0.2) is 9.97 Å². The van der Waals surface area contributed by atoms with Crippen LogP contribution in [0.15, 0.2) is 120 Å². The third-order valence-corrected chi connectivity index (χ3v) is 7.38. The smallest absolute Gasteiger partial charge is 0.227 e. The highest BCUT2D eigenvalue weighted by molar-refractivity contribution is 14.1. The second kappa shape index (κ2) is 8.57. The van der Waals surface area contributed by atoms with E-state index < -0.39 is 0 Å². The molecule has 170 valence electrons. The number of fused-ring (bicyclic) bond motifs is 4. The molecule has 3 nitrogen and oxygen atoms in total. The standard InChI is InChI=1S/C32H19IN2O/c33-27-11-7-20(8-12-27)22-5-3-21-4-6-23(17-26(21)16-22)25-9-13-30(35-19-25)24-10-14-31-29(18-24)28-2-1-15-34-32(28)36-31/h1-19H. The summed E-state index contributed by atoms with van der Waals surface area (Å²) in [6.45, 7) is 0. The third kappa shape index (κ3) is 3.74. The van der Waals surface area contributed by atoms with Gasteiger partial charge in [0.05, 0.1) is 5.69 Å². The second-order valence-electron chi connectivity index (χ2n) is 8.88. The molecule has 0 N–H and O–H groups in total. The second-order valence-corrected chi connectivity index (χ2v) is 10.1. The summed E-state index contributed by atoms with van der Waals surface area (Å²) in [5.41, 5.74) is 8.19. The molecular formula is C32H19IN2O. The molecule has 0 bridgehead atoms. The first-order valence-electron chi connectivity index (χ1n) is 11.8. The van der Waals surface area contributed by atoms with E-state index >= 15 is 0 Å². The van der Waals surface area contributed by atoms with Gasteiger partial charge in [-0.25, -0.2) is 4.98 Å². The summed E-state index contributed by atoms with van der Waals surface area (Å²) in [5, 5.41) is 4.53. The Hall–Kier alpha value is -4.03. The summed E-state index contributed by atoms with van der Waals surface area (Å²) in [5.74, 6) is 0. The van der Waals surface area contributed by atoms with Crippen LogP contribution < -0.4 is 0 Å². The van der Waals surface area contributed by atoms with E-state index in [1.807, 2.05) is 24.4 Å². The molecule has 0 aliphatic carbocycles.